The molecule has 0 aromatic heterocycles. The summed E-state index contributed by atoms with van der Waals surface area (Å²) >= 11 is 3.21. The van der Waals surface area contributed by atoms with Gasteiger partial charge in [0.2, 0.25) is 6.43 Å². The first-order chi connectivity index (χ1) is 9.06. The molecule has 1 aliphatic heterocycles. The Morgan fingerprint density at radius 1 is 1.21 bits per heavy atom. The van der Waals surface area contributed by atoms with Crippen molar-refractivity contribution in [2.45, 2.75) is 18.9 Å². The van der Waals surface area contributed by atoms with E-state index in [9.17, 15) is 13.2 Å². The van der Waals surface area contributed by atoms with E-state index in [0.717, 1.165) is 13.1 Å². The molecule has 0 saturated carbocycles. The minimum atomic E-state index is -2.40. The Morgan fingerprint density at radius 2 is 1.89 bits per heavy atom. The molecular weight excluding hydrogens is 321 g/mol. The van der Waals surface area contributed by atoms with Gasteiger partial charge in [-0.05, 0) is 23.8 Å². The standard InChI is InChI=1S/C13H16BrF3N2/c14-10-5-9(6-11(15)7-10)12(8-13(16)17)19-3-1-18-2-4-19/h5-7,12-13,18H,1-4,8H2/t12-/m0/s1. The third-order valence-electron chi connectivity index (χ3n) is 3.26. The van der Waals surface area contributed by atoms with Crippen LogP contribution in [0.1, 0.15) is 18.0 Å². The van der Waals surface area contributed by atoms with Crippen LogP contribution in [0.2, 0.25) is 0 Å². The Morgan fingerprint density at radius 3 is 2.47 bits per heavy atom. The first-order valence-electron chi connectivity index (χ1n) is 6.25. The second kappa shape index (κ2) is 6.72. The SMILES string of the molecule is Fc1cc(Br)cc([C@H](CC(F)F)N2CCNCC2)c1. The summed E-state index contributed by atoms with van der Waals surface area (Å²) in [7, 11) is 0. The molecule has 1 aliphatic rings. The second-order valence-corrected chi connectivity index (χ2v) is 5.55. The molecule has 0 amide bonds. The Labute approximate surface area is 119 Å². The molecule has 2 nitrogen and oxygen atoms in total. The molecule has 0 spiro atoms. The fourth-order valence-corrected chi connectivity index (χ4v) is 2.91. The minimum absolute atomic E-state index is 0.268. The van der Waals surface area contributed by atoms with E-state index in [2.05, 4.69) is 21.2 Å². The molecule has 1 fully saturated rings. The van der Waals surface area contributed by atoms with Gasteiger partial charge in [-0.2, -0.15) is 0 Å². The van der Waals surface area contributed by atoms with Gasteiger partial charge in [0.1, 0.15) is 5.82 Å². The Kier molecular flexibility index (Phi) is 5.24. The van der Waals surface area contributed by atoms with Crippen LogP contribution in [0.25, 0.3) is 0 Å². The van der Waals surface area contributed by atoms with Gasteiger partial charge in [0.05, 0.1) is 0 Å². The van der Waals surface area contributed by atoms with Crippen LogP contribution in [0.15, 0.2) is 22.7 Å². The Bertz CT molecular complexity index is 402. The van der Waals surface area contributed by atoms with E-state index in [1.54, 1.807) is 6.07 Å². The molecule has 1 heterocycles. The van der Waals surface area contributed by atoms with Crippen molar-refractivity contribution in [2.75, 3.05) is 26.2 Å². The third kappa shape index (κ3) is 4.19. The molecule has 6 heteroatoms. The lowest BCUT2D eigenvalue weighted by Gasteiger charge is -2.35. The van der Waals surface area contributed by atoms with Crippen molar-refractivity contribution in [1.82, 2.24) is 10.2 Å². The van der Waals surface area contributed by atoms with Crippen molar-refractivity contribution in [3.05, 3.63) is 34.1 Å². The summed E-state index contributed by atoms with van der Waals surface area (Å²) in [5.74, 6) is -0.404. The molecule has 2 rings (SSSR count). The van der Waals surface area contributed by atoms with Crippen LogP contribution in [-0.2, 0) is 0 Å². The molecule has 106 valence electrons. The minimum Gasteiger partial charge on any atom is -0.314 e. The van der Waals surface area contributed by atoms with Crippen molar-refractivity contribution in [1.29, 1.82) is 0 Å². The van der Waals surface area contributed by atoms with Crippen molar-refractivity contribution in [3.63, 3.8) is 0 Å². The number of hydrogen-bond acceptors (Lipinski definition) is 2. The summed E-state index contributed by atoms with van der Waals surface area (Å²) in [6, 6.07) is 3.97. The van der Waals surface area contributed by atoms with Gasteiger partial charge in [-0.3, -0.25) is 4.90 Å². The fraction of sp³-hybridized carbons (Fsp3) is 0.538. The van der Waals surface area contributed by atoms with Crippen LogP contribution in [0, 0.1) is 5.82 Å². The smallest absolute Gasteiger partial charge is 0.240 e. The maximum absolute atomic E-state index is 13.4. The molecule has 0 aliphatic carbocycles. The number of benzene rings is 1. The average Bonchev–Trinajstić information content (AvgIpc) is 2.35. The van der Waals surface area contributed by atoms with Gasteiger partial charge in [0.15, 0.2) is 0 Å². The van der Waals surface area contributed by atoms with E-state index in [1.165, 1.54) is 12.1 Å². The summed E-state index contributed by atoms with van der Waals surface area (Å²) in [5.41, 5.74) is 0.606. The number of hydrogen-bond donors (Lipinski definition) is 1. The van der Waals surface area contributed by atoms with E-state index < -0.39 is 18.3 Å². The van der Waals surface area contributed by atoms with Gasteiger partial charge in [-0.1, -0.05) is 15.9 Å². The number of piperazine rings is 1. The Hall–Kier alpha value is -0.590. The lowest BCUT2D eigenvalue weighted by molar-refractivity contribution is 0.0738. The highest BCUT2D eigenvalue weighted by Crippen LogP contribution is 2.30. The zero-order chi connectivity index (χ0) is 13.8. The highest BCUT2D eigenvalue weighted by atomic mass is 79.9. The van der Waals surface area contributed by atoms with Gasteiger partial charge in [0, 0.05) is 43.1 Å². The number of halogens is 4. The van der Waals surface area contributed by atoms with Crippen LogP contribution in [0.3, 0.4) is 0 Å². The molecule has 1 N–H and O–H groups in total. The molecule has 1 aromatic carbocycles. The van der Waals surface area contributed by atoms with Crippen molar-refractivity contribution in [3.8, 4) is 0 Å². The van der Waals surface area contributed by atoms with Crippen LogP contribution in [0.4, 0.5) is 13.2 Å². The summed E-state index contributed by atoms with van der Waals surface area (Å²) in [4.78, 5) is 1.99. The number of nitrogens with one attached hydrogen (secondary N) is 1. The number of alkyl halides is 2. The monoisotopic (exact) mass is 336 g/mol. The van der Waals surface area contributed by atoms with E-state index in [-0.39, 0.29) is 6.42 Å². The van der Waals surface area contributed by atoms with Crippen molar-refractivity contribution in [2.24, 2.45) is 0 Å². The highest BCUT2D eigenvalue weighted by Gasteiger charge is 2.25. The molecule has 0 radical (unpaired) electrons. The summed E-state index contributed by atoms with van der Waals surface area (Å²) in [6.07, 6.45) is -2.67. The average molecular weight is 337 g/mol. The predicted octanol–water partition coefficient (Wildman–Crippen LogP) is 3.19. The lowest BCUT2D eigenvalue weighted by Crippen LogP contribution is -2.45. The van der Waals surface area contributed by atoms with Crippen molar-refractivity contribution < 1.29 is 13.2 Å². The molecule has 19 heavy (non-hydrogen) atoms. The molecule has 1 atom stereocenters. The quantitative estimate of drug-likeness (QED) is 0.908. The third-order valence-corrected chi connectivity index (χ3v) is 3.72. The topological polar surface area (TPSA) is 15.3 Å². The van der Waals surface area contributed by atoms with Crippen LogP contribution in [-0.4, -0.2) is 37.5 Å². The number of nitrogens with zero attached hydrogens (tertiary/aromatic N) is 1. The van der Waals surface area contributed by atoms with Crippen LogP contribution >= 0.6 is 15.9 Å². The zero-order valence-corrected chi connectivity index (χ0v) is 12.0. The molecular formula is C13H16BrF3N2. The van der Waals surface area contributed by atoms with Gasteiger partial charge in [0.25, 0.3) is 0 Å². The summed E-state index contributed by atoms with van der Waals surface area (Å²) < 4.78 is 39.6. The van der Waals surface area contributed by atoms with Gasteiger partial charge >= 0.3 is 0 Å². The fourth-order valence-electron chi connectivity index (χ4n) is 2.43. The molecule has 1 saturated heterocycles. The van der Waals surface area contributed by atoms with Crippen molar-refractivity contribution >= 4 is 15.9 Å². The molecule has 1 aromatic rings. The summed E-state index contributed by atoms with van der Waals surface area (Å²) in [6.45, 7) is 2.95. The van der Waals surface area contributed by atoms with E-state index >= 15 is 0 Å². The normalized spacial score (nSPS) is 18.8. The van der Waals surface area contributed by atoms with Gasteiger partial charge in [-0.25, -0.2) is 13.2 Å². The maximum atomic E-state index is 13.4. The molecule has 0 unspecified atom stereocenters. The zero-order valence-electron chi connectivity index (χ0n) is 10.4. The molecule has 0 bridgehead atoms. The Balaban J connectivity index is 2.24. The highest BCUT2D eigenvalue weighted by molar-refractivity contribution is 9.10. The van der Waals surface area contributed by atoms with Crippen LogP contribution in [0.5, 0.6) is 0 Å². The van der Waals surface area contributed by atoms with Gasteiger partial charge in [-0.15, -0.1) is 0 Å². The largest absolute Gasteiger partial charge is 0.314 e. The second-order valence-electron chi connectivity index (χ2n) is 4.63. The van der Waals surface area contributed by atoms with E-state index in [1.807, 2.05) is 4.90 Å². The first kappa shape index (κ1) is 14.8. The van der Waals surface area contributed by atoms with Gasteiger partial charge < -0.3 is 5.32 Å². The first-order valence-corrected chi connectivity index (χ1v) is 7.04. The summed E-state index contributed by atoms with van der Waals surface area (Å²) in [5, 5.41) is 3.18. The van der Waals surface area contributed by atoms with E-state index in [4.69, 9.17) is 0 Å². The number of rotatable bonds is 4. The van der Waals surface area contributed by atoms with Crippen LogP contribution < -0.4 is 5.32 Å². The lowest BCUT2D eigenvalue weighted by atomic mass is 10.0. The van der Waals surface area contributed by atoms with E-state index in [0.29, 0.717) is 23.1 Å². The maximum Gasteiger partial charge on any atom is 0.240 e. The predicted molar refractivity (Wildman–Crippen MR) is 71.9 cm³/mol.